The minimum absolute atomic E-state index is 0.000559. The fourth-order valence-corrected chi connectivity index (χ4v) is 3.24. The average Bonchev–Trinajstić information content (AvgIpc) is 3.52. The summed E-state index contributed by atoms with van der Waals surface area (Å²) in [6, 6.07) is 20.9. The summed E-state index contributed by atoms with van der Waals surface area (Å²) in [6.07, 6.45) is 2.26. The maximum Gasteiger partial charge on any atom is 0.375 e. The molecule has 2 aromatic heterocycles. The van der Waals surface area contributed by atoms with E-state index in [2.05, 4.69) is 10.4 Å². The number of rotatable bonds is 9. The molecular weight excluding hydrogens is 422 g/mol. The Kier molecular flexibility index (Phi) is 6.84. The molecule has 0 bridgehead atoms. The quantitative estimate of drug-likeness (QED) is 0.382. The number of esters is 1. The lowest BCUT2D eigenvalue weighted by Gasteiger charge is -2.18. The first-order valence-electron chi connectivity index (χ1n) is 10.5. The molecule has 2 heterocycles. The Hall–Kier alpha value is -4.33. The number of para-hydroxylation sites is 2. The van der Waals surface area contributed by atoms with Gasteiger partial charge < -0.3 is 19.2 Å². The molecule has 0 radical (unpaired) electrons. The van der Waals surface area contributed by atoms with Crippen LogP contribution < -0.4 is 10.1 Å². The maximum absolute atomic E-state index is 13.2. The van der Waals surface area contributed by atoms with Gasteiger partial charge in [0.25, 0.3) is 5.91 Å². The van der Waals surface area contributed by atoms with Crippen LogP contribution in [0.15, 0.2) is 89.6 Å². The van der Waals surface area contributed by atoms with E-state index in [4.69, 9.17) is 13.9 Å². The number of benzene rings is 2. The number of ether oxygens (including phenoxy) is 2. The van der Waals surface area contributed by atoms with Gasteiger partial charge in [0.15, 0.2) is 0 Å². The average molecular weight is 445 g/mol. The van der Waals surface area contributed by atoms with Crippen LogP contribution in [-0.4, -0.2) is 28.3 Å². The number of amides is 1. The highest BCUT2D eigenvalue weighted by molar-refractivity contribution is 5.98. The minimum atomic E-state index is -1.19. The lowest BCUT2D eigenvalue weighted by Crippen LogP contribution is -2.26. The first-order valence-corrected chi connectivity index (χ1v) is 10.5. The van der Waals surface area contributed by atoms with Crippen LogP contribution >= 0.6 is 0 Å². The van der Waals surface area contributed by atoms with Crippen molar-refractivity contribution >= 4 is 17.6 Å². The van der Waals surface area contributed by atoms with Crippen molar-refractivity contribution in [3.8, 4) is 5.75 Å². The summed E-state index contributed by atoms with van der Waals surface area (Å²) in [6.45, 7) is 2.68. The van der Waals surface area contributed by atoms with E-state index >= 15 is 0 Å². The molecule has 33 heavy (non-hydrogen) atoms. The van der Waals surface area contributed by atoms with E-state index in [0.29, 0.717) is 35.9 Å². The van der Waals surface area contributed by atoms with Gasteiger partial charge in [0.1, 0.15) is 11.5 Å². The van der Waals surface area contributed by atoms with E-state index in [0.717, 1.165) is 0 Å². The second-order valence-corrected chi connectivity index (χ2v) is 7.08. The van der Waals surface area contributed by atoms with E-state index in [1.165, 1.54) is 6.07 Å². The molecule has 168 valence electrons. The van der Waals surface area contributed by atoms with E-state index in [1.54, 1.807) is 71.7 Å². The minimum Gasteiger partial charge on any atom is -0.492 e. The number of aromatic nitrogens is 2. The smallest absolute Gasteiger partial charge is 0.375 e. The molecule has 0 spiro atoms. The van der Waals surface area contributed by atoms with Crippen molar-refractivity contribution < 1.29 is 23.5 Å². The summed E-state index contributed by atoms with van der Waals surface area (Å²) in [7, 11) is 0. The lowest BCUT2D eigenvalue weighted by molar-refractivity contribution is -0.125. The van der Waals surface area contributed by atoms with Crippen molar-refractivity contribution in [1.29, 1.82) is 0 Å². The molecule has 0 aliphatic rings. The molecule has 8 nitrogen and oxygen atoms in total. The van der Waals surface area contributed by atoms with Crippen LogP contribution in [0.1, 0.15) is 34.9 Å². The molecule has 4 rings (SSSR count). The first-order chi connectivity index (χ1) is 16.1. The second-order valence-electron chi connectivity index (χ2n) is 7.08. The molecule has 0 fully saturated rings. The molecule has 2 aromatic carbocycles. The topological polar surface area (TPSA) is 95.6 Å². The Balaban J connectivity index is 1.52. The van der Waals surface area contributed by atoms with Crippen LogP contribution in [0.4, 0.5) is 5.69 Å². The molecule has 0 saturated heterocycles. The Morgan fingerprint density at radius 3 is 2.58 bits per heavy atom. The summed E-state index contributed by atoms with van der Waals surface area (Å²) in [5, 5.41) is 6.92. The number of nitrogens with one attached hydrogen (secondary N) is 1. The van der Waals surface area contributed by atoms with Gasteiger partial charge in [0.05, 0.1) is 18.8 Å². The number of hydrogen-bond donors (Lipinski definition) is 1. The van der Waals surface area contributed by atoms with E-state index in [-0.39, 0.29) is 5.76 Å². The third kappa shape index (κ3) is 5.48. The summed E-state index contributed by atoms with van der Waals surface area (Å²) in [5.41, 5.74) is 1.02. The molecule has 0 aliphatic carbocycles. The zero-order valence-electron chi connectivity index (χ0n) is 18.0. The van der Waals surface area contributed by atoms with Crippen molar-refractivity contribution in [3.63, 3.8) is 0 Å². The third-order valence-corrected chi connectivity index (χ3v) is 4.75. The highest BCUT2D eigenvalue weighted by Crippen LogP contribution is 2.27. The highest BCUT2D eigenvalue weighted by atomic mass is 16.6. The fourth-order valence-electron chi connectivity index (χ4n) is 3.24. The molecule has 8 heteroatoms. The molecule has 1 N–H and O–H groups in total. The predicted molar refractivity (Wildman–Crippen MR) is 121 cm³/mol. The van der Waals surface area contributed by atoms with Gasteiger partial charge in [-0.2, -0.15) is 5.10 Å². The highest BCUT2D eigenvalue weighted by Gasteiger charge is 2.28. The number of nitrogens with zero attached hydrogens (tertiary/aromatic N) is 2. The number of hydrogen-bond acceptors (Lipinski definition) is 6. The number of furan rings is 1. The van der Waals surface area contributed by atoms with Crippen LogP contribution in [0.2, 0.25) is 0 Å². The molecular formula is C25H23N3O5. The number of carbonyl (C=O) groups excluding carboxylic acids is 2. The van der Waals surface area contributed by atoms with Gasteiger partial charge in [0, 0.05) is 18.0 Å². The van der Waals surface area contributed by atoms with Crippen LogP contribution in [0.5, 0.6) is 5.75 Å². The first kappa shape index (κ1) is 21.9. The van der Waals surface area contributed by atoms with Crippen molar-refractivity contribution in [2.45, 2.75) is 19.6 Å². The van der Waals surface area contributed by atoms with Gasteiger partial charge in [-0.1, -0.05) is 42.5 Å². The zero-order valence-corrected chi connectivity index (χ0v) is 18.0. The van der Waals surface area contributed by atoms with Crippen molar-refractivity contribution in [1.82, 2.24) is 9.78 Å². The van der Waals surface area contributed by atoms with Crippen LogP contribution in [-0.2, 0) is 16.1 Å². The largest absolute Gasteiger partial charge is 0.492 e. The SMILES string of the molecule is CCOc1ccccc1NC(=O)C(OC(=O)c1ccc(Cn2cccn2)o1)c1ccccc1. The zero-order chi connectivity index (χ0) is 23.0. The van der Waals surface area contributed by atoms with E-state index in [1.807, 2.05) is 19.1 Å². The molecule has 1 unspecified atom stereocenters. The third-order valence-electron chi connectivity index (χ3n) is 4.75. The molecule has 1 amide bonds. The van der Waals surface area contributed by atoms with E-state index in [9.17, 15) is 9.59 Å². The summed E-state index contributed by atoms with van der Waals surface area (Å²) >= 11 is 0. The van der Waals surface area contributed by atoms with Crippen molar-refractivity contribution in [2.24, 2.45) is 0 Å². The standard InChI is InChI=1S/C25H23N3O5/c1-2-31-21-12-7-6-11-20(21)27-24(29)23(18-9-4-3-5-10-18)33-25(30)22-14-13-19(32-22)17-28-16-8-15-26-28/h3-16,23H,2,17H2,1H3,(H,27,29). The Morgan fingerprint density at radius 1 is 1.03 bits per heavy atom. The molecule has 0 aliphatic heterocycles. The lowest BCUT2D eigenvalue weighted by atomic mass is 10.1. The van der Waals surface area contributed by atoms with Gasteiger partial charge in [0.2, 0.25) is 11.9 Å². The second kappa shape index (κ2) is 10.3. The Labute approximate surface area is 190 Å². The van der Waals surface area contributed by atoms with Gasteiger partial charge in [-0.25, -0.2) is 4.79 Å². The maximum atomic E-state index is 13.2. The van der Waals surface area contributed by atoms with Crippen molar-refractivity contribution in [3.05, 3.63) is 102 Å². The molecule has 4 aromatic rings. The fraction of sp³-hybridized carbons (Fsp3) is 0.160. The van der Waals surface area contributed by atoms with E-state index < -0.39 is 18.0 Å². The van der Waals surface area contributed by atoms with Gasteiger partial charge in [-0.3, -0.25) is 9.48 Å². The number of carbonyl (C=O) groups is 2. The predicted octanol–water partition coefficient (Wildman–Crippen LogP) is 4.46. The monoisotopic (exact) mass is 445 g/mol. The van der Waals surface area contributed by atoms with Crippen LogP contribution in [0, 0.1) is 0 Å². The molecule has 0 saturated carbocycles. The normalized spacial score (nSPS) is 11.5. The summed E-state index contributed by atoms with van der Waals surface area (Å²) in [5.74, 6) is -0.188. The summed E-state index contributed by atoms with van der Waals surface area (Å²) in [4.78, 5) is 26.0. The van der Waals surface area contributed by atoms with Gasteiger partial charge >= 0.3 is 5.97 Å². The van der Waals surface area contributed by atoms with Gasteiger partial charge in [-0.15, -0.1) is 0 Å². The van der Waals surface area contributed by atoms with Gasteiger partial charge in [-0.05, 0) is 37.3 Å². The van der Waals surface area contributed by atoms with Crippen molar-refractivity contribution in [2.75, 3.05) is 11.9 Å². The molecule has 1 atom stereocenters. The van der Waals surface area contributed by atoms with Crippen LogP contribution in [0.3, 0.4) is 0 Å². The Bertz CT molecular complexity index is 1200. The Morgan fingerprint density at radius 2 is 1.82 bits per heavy atom. The number of anilines is 1. The van der Waals surface area contributed by atoms with Crippen LogP contribution in [0.25, 0.3) is 0 Å². The summed E-state index contributed by atoms with van der Waals surface area (Å²) < 4.78 is 18.5.